The van der Waals surface area contributed by atoms with E-state index in [9.17, 15) is 4.79 Å². The van der Waals surface area contributed by atoms with Crippen molar-refractivity contribution in [3.63, 3.8) is 0 Å². The Balaban J connectivity index is 1.86. The third-order valence-electron chi connectivity index (χ3n) is 3.80. The second-order valence-corrected chi connectivity index (χ2v) is 5.77. The summed E-state index contributed by atoms with van der Waals surface area (Å²) in [6.07, 6.45) is 3.47. The lowest BCUT2D eigenvalue weighted by Crippen LogP contribution is -2.52. The van der Waals surface area contributed by atoms with Gasteiger partial charge in [-0.15, -0.1) is 0 Å². The van der Waals surface area contributed by atoms with Crippen molar-refractivity contribution in [2.24, 2.45) is 11.8 Å². The van der Waals surface area contributed by atoms with Crippen LogP contribution in [0.25, 0.3) is 0 Å². The quantitative estimate of drug-likeness (QED) is 0.787. The normalized spacial score (nSPS) is 34.6. The molecule has 0 aromatic heterocycles. The molecular formula is C13H24N2O. The molecule has 3 unspecified atom stereocenters. The Labute approximate surface area is 98.6 Å². The van der Waals surface area contributed by atoms with Crippen molar-refractivity contribution >= 4 is 5.91 Å². The van der Waals surface area contributed by atoms with Crippen LogP contribution in [0.1, 0.15) is 40.0 Å². The average molecular weight is 224 g/mol. The molecule has 3 atom stereocenters. The summed E-state index contributed by atoms with van der Waals surface area (Å²) in [4.78, 5) is 14.3. The lowest BCUT2D eigenvalue weighted by atomic mass is 10.0. The molecule has 1 heterocycles. The molecule has 92 valence electrons. The fourth-order valence-electron chi connectivity index (χ4n) is 2.62. The molecule has 1 aliphatic heterocycles. The molecule has 3 nitrogen and oxygen atoms in total. The number of piperidine rings is 1. The van der Waals surface area contributed by atoms with Gasteiger partial charge in [0.25, 0.3) is 0 Å². The van der Waals surface area contributed by atoms with Gasteiger partial charge in [-0.3, -0.25) is 4.79 Å². The predicted octanol–water partition coefficient (Wildman–Crippen LogP) is 1.63. The second kappa shape index (κ2) is 4.74. The number of hydrogen-bond acceptors (Lipinski definition) is 2. The van der Waals surface area contributed by atoms with E-state index in [1.165, 1.54) is 6.42 Å². The topological polar surface area (TPSA) is 32.3 Å². The van der Waals surface area contributed by atoms with Crippen LogP contribution in [-0.2, 0) is 4.79 Å². The number of rotatable bonds is 4. The molecule has 1 saturated carbocycles. The fourth-order valence-corrected chi connectivity index (χ4v) is 2.62. The van der Waals surface area contributed by atoms with E-state index < -0.39 is 0 Å². The summed E-state index contributed by atoms with van der Waals surface area (Å²) < 4.78 is 0. The first-order valence-corrected chi connectivity index (χ1v) is 6.62. The molecule has 0 radical (unpaired) electrons. The maximum Gasteiger partial charge on any atom is 0.239 e. The smallest absolute Gasteiger partial charge is 0.239 e. The largest absolute Gasteiger partial charge is 0.341 e. The lowest BCUT2D eigenvalue weighted by molar-refractivity contribution is -0.136. The molecule has 1 N–H and O–H groups in total. The highest BCUT2D eigenvalue weighted by Crippen LogP contribution is 2.38. The van der Waals surface area contributed by atoms with Gasteiger partial charge in [-0.05, 0) is 31.1 Å². The van der Waals surface area contributed by atoms with Crippen molar-refractivity contribution < 1.29 is 4.79 Å². The summed E-state index contributed by atoms with van der Waals surface area (Å²) >= 11 is 0. The van der Waals surface area contributed by atoms with Crippen molar-refractivity contribution in [2.75, 3.05) is 13.1 Å². The third kappa shape index (κ3) is 2.76. The van der Waals surface area contributed by atoms with Crippen molar-refractivity contribution in [1.29, 1.82) is 0 Å². The molecule has 0 spiro atoms. The first-order chi connectivity index (χ1) is 7.58. The zero-order chi connectivity index (χ0) is 11.7. The van der Waals surface area contributed by atoms with Crippen LogP contribution in [0.5, 0.6) is 0 Å². The Morgan fingerprint density at radius 1 is 1.50 bits per heavy atom. The Kier molecular flexibility index (Phi) is 3.53. The summed E-state index contributed by atoms with van der Waals surface area (Å²) in [6, 6.07) is 0.469. The van der Waals surface area contributed by atoms with E-state index in [-0.39, 0.29) is 6.04 Å². The first kappa shape index (κ1) is 11.9. The van der Waals surface area contributed by atoms with Crippen molar-refractivity contribution in [3.05, 3.63) is 0 Å². The highest BCUT2D eigenvalue weighted by atomic mass is 16.2. The molecule has 0 bridgehead atoms. The van der Waals surface area contributed by atoms with Crippen molar-refractivity contribution in [1.82, 2.24) is 10.2 Å². The standard InChI is InChI=1S/C13H24N2O/c1-9(2)14-12-5-4-6-15(13(12)16)8-11-7-10(11)3/h9-12,14H,4-8H2,1-3H3. The lowest BCUT2D eigenvalue weighted by Gasteiger charge is -2.33. The van der Waals surface area contributed by atoms with E-state index in [2.05, 4.69) is 31.0 Å². The van der Waals surface area contributed by atoms with Crippen LogP contribution in [-0.4, -0.2) is 36.0 Å². The minimum Gasteiger partial charge on any atom is -0.341 e. The molecule has 0 aromatic rings. The summed E-state index contributed by atoms with van der Waals surface area (Å²) in [5.41, 5.74) is 0. The summed E-state index contributed by atoms with van der Waals surface area (Å²) in [5.74, 6) is 1.95. The average Bonchev–Trinajstić information content (AvgIpc) is 2.88. The van der Waals surface area contributed by atoms with Gasteiger partial charge in [0.05, 0.1) is 6.04 Å². The molecule has 1 aliphatic carbocycles. The van der Waals surface area contributed by atoms with Crippen LogP contribution in [0.4, 0.5) is 0 Å². The third-order valence-corrected chi connectivity index (χ3v) is 3.80. The van der Waals surface area contributed by atoms with Gasteiger partial charge >= 0.3 is 0 Å². The van der Waals surface area contributed by atoms with Crippen LogP contribution < -0.4 is 5.32 Å². The van der Waals surface area contributed by atoms with Crippen LogP contribution in [0.2, 0.25) is 0 Å². The maximum absolute atomic E-state index is 12.2. The molecule has 2 fully saturated rings. The number of nitrogens with zero attached hydrogens (tertiary/aromatic N) is 1. The van der Waals surface area contributed by atoms with Crippen molar-refractivity contribution in [2.45, 2.75) is 52.1 Å². The van der Waals surface area contributed by atoms with Gasteiger partial charge in [-0.1, -0.05) is 20.8 Å². The van der Waals surface area contributed by atoms with Crippen LogP contribution in [0, 0.1) is 11.8 Å². The number of carbonyl (C=O) groups is 1. The van der Waals surface area contributed by atoms with Gasteiger partial charge < -0.3 is 10.2 Å². The highest BCUT2D eigenvalue weighted by Gasteiger charge is 2.37. The highest BCUT2D eigenvalue weighted by molar-refractivity contribution is 5.82. The van der Waals surface area contributed by atoms with E-state index in [0.717, 1.165) is 37.8 Å². The van der Waals surface area contributed by atoms with E-state index in [1.807, 2.05) is 0 Å². The Morgan fingerprint density at radius 3 is 2.75 bits per heavy atom. The summed E-state index contributed by atoms with van der Waals surface area (Å²) in [6.45, 7) is 8.46. The SMILES string of the molecule is CC(C)NC1CCCN(CC2CC2C)C1=O. The maximum atomic E-state index is 12.2. The zero-order valence-corrected chi connectivity index (χ0v) is 10.7. The molecule has 1 saturated heterocycles. The summed E-state index contributed by atoms with van der Waals surface area (Å²) in [5, 5.41) is 3.38. The predicted molar refractivity (Wildman–Crippen MR) is 65.1 cm³/mol. The number of hydrogen-bond donors (Lipinski definition) is 1. The molecule has 3 heteroatoms. The number of nitrogens with one attached hydrogen (secondary N) is 1. The molecule has 1 amide bonds. The van der Waals surface area contributed by atoms with E-state index in [4.69, 9.17) is 0 Å². The van der Waals surface area contributed by atoms with Gasteiger partial charge in [0, 0.05) is 19.1 Å². The molecule has 2 aliphatic rings. The van der Waals surface area contributed by atoms with Gasteiger partial charge in [0.2, 0.25) is 5.91 Å². The number of amides is 1. The first-order valence-electron chi connectivity index (χ1n) is 6.62. The van der Waals surface area contributed by atoms with E-state index in [0.29, 0.717) is 11.9 Å². The fraction of sp³-hybridized carbons (Fsp3) is 0.923. The van der Waals surface area contributed by atoms with Gasteiger partial charge in [0.1, 0.15) is 0 Å². The summed E-state index contributed by atoms with van der Waals surface area (Å²) in [7, 11) is 0. The van der Waals surface area contributed by atoms with E-state index >= 15 is 0 Å². The number of likely N-dealkylation sites (tertiary alicyclic amines) is 1. The monoisotopic (exact) mass is 224 g/mol. The molecule has 2 rings (SSSR count). The van der Waals surface area contributed by atoms with Crippen LogP contribution in [0.3, 0.4) is 0 Å². The Morgan fingerprint density at radius 2 is 2.19 bits per heavy atom. The second-order valence-electron chi connectivity index (χ2n) is 5.77. The zero-order valence-electron chi connectivity index (χ0n) is 10.7. The Hall–Kier alpha value is -0.570. The van der Waals surface area contributed by atoms with Crippen LogP contribution >= 0.6 is 0 Å². The van der Waals surface area contributed by atoms with Gasteiger partial charge in [0.15, 0.2) is 0 Å². The molecule has 16 heavy (non-hydrogen) atoms. The van der Waals surface area contributed by atoms with Crippen LogP contribution in [0.15, 0.2) is 0 Å². The molecule has 0 aromatic carbocycles. The van der Waals surface area contributed by atoms with Crippen molar-refractivity contribution in [3.8, 4) is 0 Å². The number of carbonyl (C=O) groups excluding carboxylic acids is 1. The minimum absolute atomic E-state index is 0.0720. The van der Waals surface area contributed by atoms with Gasteiger partial charge in [-0.25, -0.2) is 0 Å². The molecular weight excluding hydrogens is 200 g/mol. The minimum atomic E-state index is 0.0720. The van der Waals surface area contributed by atoms with E-state index in [1.54, 1.807) is 0 Å². The van der Waals surface area contributed by atoms with Gasteiger partial charge in [-0.2, -0.15) is 0 Å². The Bertz CT molecular complexity index is 265.